The van der Waals surface area contributed by atoms with Gasteiger partial charge in [-0.25, -0.2) is 4.98 Å². The van der Waals surface area contributed by atoms with Gasteiger partial charge in [0.2, 0.25) is 5.91 Å². The van der Waals surface area contributed by atoms with E-state index < -0.39 is 6.04 Å². The summed E-state index contributed by atoms with van der Waals surface area (Å²) in [5, 5.41) is 8.92. The van der Waals surface area contributed by atoms with Gasteiger partial charge in [-0.2, -0.15) is 0 Å². The zero-order valence-corrected chi connectivity index (χ0v) is 12.3. The average molecular weight is 316 g/mol. The lowest BCUT2D eigenvalue weighted by molar-refractivity contribution is -0.116. The second kappa shape index (κ2) is 6.23. The first kappa shape index (κ1) is 14.1. The number of amides is 1. The molecule has 2 aromatic rings. The number of anilines is 2. The van der Waals surface area contributed by atoms with Crippen molar-refractivity contribution in [2.75, 3.05) is 10.6 Å². The smallest absolute Gasteiger partial charge is 0.248 e. The highest BCUT2D eigenvalue weighted by atomic mass is 35.5. The summed E-state index contributed by atoms with van der Waals surface area (Å²) in [6, 6.07) is 4.76. The van der Waals surface area contributed by atoms with Crippen LogP contribution in [0, 0.1) is 0 Å². The molecule has 1 aromatic heterocycles. The number of nitrogens with one attached hydrogen (secondary N) is 2. The summed E-state index contributed by atoms with van der Waals surface area (Å²) >= 11 is 13.3. The molecule has 0 unspecified atom stereocenters. The maximum Gasteiger partial charge on any atom is 0.248 e. The van der Waals surface area contributed by atoms with Gasteiger partial charge in [0.15, 0.2) is 5.13 Å². The molecule has 0 aliphatic heterocycles. The number of rotatable bonds is 4. The molecule has 1 heterocycles. The zero-order chi connectivity index (χ0) is 13.8. The van der Waals surface area contributed by atoms with Crippen molar-refractivity contribution in [3.63, 3.8) is 0 Å². The minimum absolute atomic E-state index is 0.189. The quantitative estimate of drug-likeness (QED) is 0.900. The number of benzene rings is 1. The van der Waals surface area contributed by atoms with Gasteiger partial charge in [0.1, 0.15) is 6.04 Å². The number of nitrogens with zero attached hydrogens (tertiary/aromatic N) is 1. The summed E-state index contributed by atoms with van der Waals surface area (Å²) < 4.78 is 0. The molecule has 1 atom stereocenters. The molecule has 0 spiro atoms. The van der Waals surface area contributed by atoms with Crippen molar-refractivity contribution >= 4 is 51.3 Å². The van der Waals surface area contributed by atoms with E-state index in [1.165, 1.54) is 11.3 Å². The van der Waals surface area contributed by atoms with Crippen molar-refractivity contribution in [3.05, 3.63) is 39.8 Å². The van der Waals surface area contributed by atoms with Gasteiger partial charge in [0, 0.05) is 11.6 Å². The van der Waals surface area contributed by atoms with Gasteiger partial charge in [-0.05, 0) is 19.1 Å². The van der Waals surface area contributed by atoms with Crippen molar-refractivity contribution in [3.8, 4) is 0 Å². The van der Waals surface area contributed by atoms with E-state index in [4.69, 9.17) is 23.2 Å². The molecular formula is C12H11Cl2N3OS. The lowest BCUT2D eigenvalue weighted by atomic mass is 10.2. The number of hydrogen-bond donors (Lipinski definition) is 2. The Hall–Kier alpha value is -1.30. The van der Waals surface area contributed by atoms with Crippen LogP contribution in [0.1, 0.15) is 6.92 Å². The first-order valence-corrected chi connectivity index (χ1v) is 7.12. The SMILES string of the molecule is C[C@@H](Nc1cccc(Cl)c1Cl)C(=O)Nc1nccs1. The average Bonchev–Trinajstić information content (AvgIpc) is 2.87. The first-order valence-electron chi connectivity index (χ1n) is 5.49. The zero-order valence-electron chi connectivity index (χ0n) is 9.98. The normalized spacial score (nSPS) is 11.9. The Balaban J connectivity index is 2.02. The van der Waals surface area contributed by atoms with E-state index in [0.717, 1.165) is 0 Å². The number of carbonyl (C=O) groups is 1. The van der Waals surface area contributed by atoms with Crippen molar-refractivity contribution in [1.82, 2.24) is 4.98 Å². The predicted octanol–water partition coefficient (Wildman–Crippen LogP) is 3.89. The van der Waals surface area contributed by atoms with Gasteiger partial charge in [-0.15, -0.1) is 11.3 Å². The van der Waals surface area contributed by atoms with Gasteiger partial charge in [-0.1, -0.05) is 29.3 Å². The molecule has 19 heavy (non-hydrogen) atoms. The molecule has 1 amide bonds. The summed E-state index contributed by atoms with van der Waals surface area (Å²) in [6.07, 6.45) is 1.63. The molecule has 4 nitrogen and oxygen atoms in total. The first-order chi connectivity index (χ1) is 9.08. The summed E-state index contributed by atoms with van der Waals surface area (Å²) in [5.41, 5.74) is 0.621. The number of hydrogen-bond acceptors (Lipinski definition) is 4. The van der Waals surface area contributed by atoms with Crippen molar-refractivity contribution in [2.45, 2.75) is 13.0 Å². The molecule has 0 saturated carbocycles. The number of halogens is 2. The topological polar surface area (TPSA) is 54.0 Å². The summed E-state index contributed by atoms with van der Waals surface area (Å²) in [6.45, 7) is 1.74. The van der Waals surface area contributed by atoms with Crippen LogP contribution in [0.25, 0.3) is 0 Å². The van der Waals surface area contributed by atoms with Crippen LogP contribution in [-0.2, 0) is 4.79 Å². The van der Waals surface area contributed by atoms with E-state index in [9.17, 15) is 4.79 Å². The Labute approximate surface area is 124 Å². The molecule has 2 rings (SSSR count). The number of carbonyl (C=O) groups excluding carboxylic acids is 1. The fourth-order valence-electron chi connectivity index (χ4n) is 1.41. The lowest BCUT2D eigenvalue weighted by Gasteiger charge is -2.15. The van der Waals surface area contributed by atoms with Crippen molar-refractivity contribution in [2.24, 2.45) is 0 Å². The van der Waals surface area contributed by atoms with Crippen LogP contribution in [0.5, 0.6) is 0 Å². The maximum absolute atomic E-state index is 11.9. The highest BCUT2D eigenvalue weighted by Gasteiger charge is 2.15. The molecule has 0 radical (unpaired) electrons. The second-order valence-electron chi connectivity index (χ2n) is 3.79. The molecule has 1 aromatic carbocycles. The molecule has 0 aliphatic carbocycles. The lowest BCUT2D eigenvalue weighted by Crippen LogP contribution is -2.31. The molecule has 0 aliphatic rings. The van der Waals surface area contributed by atoms with E-state index in [0.29, 0.717) is 20.9 Å². The minimum Gasteiger partial charge on any atom is -0.373 e. The van der Waals surface area contributed by atoms with E-state index in [-0.39, 0.29) is 5.91 Å². The van der Waals surface area contributed by atoms with Gasteiger partial charge in [0.05, 0.1) is 15.7 Å². The van der Waals surface area contributed by atoms with Crippen LogP contribution in [0.3, 0.4) is 0 Å². The van der Waals surface area contributed by atoms with Gasteiger partial charge in [0.25, 0.3) is 0 Å². The van der Waals surface area contributed by atoms with Gasteiger partial charge >= 0.3 is 0 Å². The Morgan fingerprint density at radius 3 is 2.89 bits per heavy atom. The van der Waals surface area contributed by atoms with Gasteiger partial charge < -0.3 is 10.6 Å². The van der Waals surface area contributed by atoms with Crippen LogP contribution in [0.4, 0.5) is 10.8 Å². The third-order valence-electron chi connectivity index (χ3n) is 2.38. The molecule has 100 valence electrons. The largest absolute Gasteiger partial charge is 0.373 e. The summed E-state index contributed by atoms with van der Waals surface area (Å²) in [4.78, 5) is 15.9. The standard InChI is InChI=1S/C12H11Cl2N3OS/c1-7(11(18)17-12-15-5-6-19-12)16-9-4-2-3-8(13)10(9)14/h2-7,16H,1H3,(H,15,17,18)/t7-/m1/s1. The van der Waals surface area contributed by atoms with E-state index in [2.05, 4.69) is 15.6 Å². The van der Waals surface area contributed by atoms with Crippen LogP contribution >= 0.6 is 34.5 Å². The van der Waals surface area contributed by atoms with Crippen LogP contribution in [0.2, 0.25) is 10.0 Å². The summed E-state index contributed by atoms with van der Waals surface area (Å²) in [7, 11) is 0. The van der Waals surface area contributed by atoms with E-state index in [1.807, 2.05) is 0 Å². The fourth-order valence-corrected chi connectivity index (χ4v) is 2.30. The maximum atomic E-state index is 11.9. The molecular weight excluding hydrogens is 305 g/mol. The second-order valence-corrected chi connectivity index (χ2v) is 5.47. The fraction of sp³-hybridized carbons (Fsp3) is 0.167. The molecule has 0 saturated heterocycles. The van der Waals surface area contributed by atoms with Crippen molar-refractivity contribution in [1.29, 1.82) is 0 Å². The molecule has 0 bridgehead atoms. The summed E-state index contributed by atoms with van der Waals surface area (Å²) in [5.74, 6) is -0.189. The van der Waals surface area contributed by atoms with Crippen LogP contribution in [-0.4, -0.2) is 16.9 Å². The third kappa shape index (κ3) is 3.59. The Kier molecular flexibility index (Phi) is 4.63. The molecule has 2 N–H and O–H groups in total. The highest BCUT2D eigenvalue weighted by Crippen LogP contribution is 2.30. The highest BCUT2D eigenvalue weighted by molar-refractivity contribution is 7.13. The Morgan fingerprint density at radius 2 is 2.21 bits per heavy atom. The van der Waals surface area contributed by atoms with Crippen LogP contribution < -0.4 is 10.6 Å². The van der Waals surface area contributed by atoms with E-state index in [1.54, 1.807) is 36.7 Å². The van der Waals surface area contributed by atoms with Crippen molar-refractivity contribution < 1.29 is 4.79 Å². The van der Waals surface area contributed by atoms with E-state index >= 15 is 0 Å². The van der Waals surface area contributed by atoms with Crippen LogP contribution in [0.15, 0.2) is 29.8 Å². The molecule has 0 fully saturated rings. The van der Waals surface area contributed by atoms with Gasteiger partial charge in [-0.3, -0.25) is 4.79 Å². The molecule has 7 heteroatoms. The number of thiazole rings is 1. The predicted molar refractivity (Wildman–Crippen MR) is 80.3 cm³/mol. The third-order valence-corrected chi connectivity index (χ3v) is 3.89. The minimum atomic E-state index is -0.458. The Bertz CT molecular complexity index is 574. The monoisotopic (exact) mass is 315 g/mol. The Morgan fingerprint density at radius 1 is 1.42 bits per heavy atom. The number of aromatic nitrogens is 1.